The maximum absolute atomic E-state index is 12.7. The van der Waals surface area contributed by atoms with Crippen molar-refractivity contribution in [3.63, 3.8) is 0 Å². The summed E-state index contributed by atoms with van der Waals surface area (Å²) >= 11 is 0. The van der Waals surface area contributed by atoms with E-state index in [2.05, 4.69) is 33.0 Å². The van der Waals surface area contributed by atoms with Gasteiger partial charge in [-0.15, -0.1) is 0 Å². The van der Waals surface area contributed by atoms with E-state index in [9.17, 15) is 9.59 Å². The predicted octanol–water partition coefficient (Wildman–Crippen LogP) is 4.55. The molecule has 2 amide bonds. The van der Waals surface area contributed by atoms with Crippen molar-refractivity contribution in [1.82, 2.24) is 20.2 Å². The summed E-state index contributed by atoms with van der Waals surface area (Å²) in [5.74, 6) is 1.94. The van der Waals surface area contributed by atoms with Gasteiger partial charge in [-0.1, -0.05) is 27.7 Å². The largest absolute Gasteiger partial charge is 0.349 e. The van der Waals surface area contributed by atoms with E-state index in [1.54, 1.807) is 0 Å². The molecular formula is C25H40N4O2. The summed E-state index contributed by atoms with van der Waals surface area (Å²) in [6.07, 6.45) is 10.3. The van der Waals surface area contributed by atoms with E-state index in [0.717, 1.165) is 88.0 Å². The van der Waals surface area contributed by atoms with Gasteiger partial charge in [0.05, 0.1) is 6.04 Å². The second kappa shape index (κ2) is 11.1. The van der Waals surface area contributed by atoms with Gasteiger partial charge in [0.1, 0.15) is 5.82 Å². The minimum absolute atomic E-state index is 0.0328. The molecule has 6 heteroatoms. The van der Waals surface area contributed by atoms with Crippen LogP contribution in [-0.4, -0.2) is 39.8 Å². The number of carbonyl (C=O) groups excluding carboxylic acids is 2. The topological polar surface area (TPSA) is 75.2 Å². The Balaban J connectivity index is 1.64. The third-order valence-electron chi connectivity index (χ3n) is 7.38. The Bertz CT molecular complexity index is 750. The number of amides is 2. The lowest BCUT2D eigenvalue weighted by molar-refractivity contribution is -0.136. The molecule has 1 aromatic rings. The van der Waals surface area contributed by atoms with Crippen LogP contribution in [0.25, 0.3) is 0 Å². The molecule has 1 atom stereocenters. The smallest absolute Gasteiger partial charge is 0.225 e. The second-order valence-corrected chi connectivity index (χ2v) is 9.21. The highest BCUT2D eigenvalue weighted by molar-refractivity contribution is 5.79. The summed E-state index contributed by atoms with van der Waals surface area (Å²) in [5.41, 5.74) is 2.19. The van der Waals surface area contributed by atoms with Crippen LogP contribution < -0.4 is 5.32 Å². The zero-order chi connectivity index (χ0) is 22.4. The number of aromatic nitrogens is 2. The Morgan fingerprint density at radius 3 is 2.29 bits per heavy atom. The van der Waals surface area contributed by atoms with Crippen LogP contribution in [-0.2, 0) is 16.0 Å². The zero-order valence-electron chi connectivity index (χ0n) is 19.8. The minimum Gasteiger partial charge on any atom is -0.349 e. The third kappa shape index (κ3) is 5.45. The molecule has 0 saturated carbocycles. The molecule has 1 fully saturated rings. The number of nitrogens with one attached hydrogen (secondary N) is 1. The molecule has 1 aliphatic heterocycles. The summed E-state index contributed by atoms with van der Waals surface area (Å²) in [6.45, 7) is 9.94. The first kappa shape index (κ1) is 23.7. The molecule has 31 heavy (non-hydrogen) atoms. The molecule has 1 saturated heterocycles. The standard InChI is InChI=1S/C25H40N4O2/c1-5-17(6-2)24(30)28-22-11-9-10-21-20(22)16-26-23(27-21)19-12-14-29(15-13-19)25(31)18(7-3)8-4/h16-19,22H,5-15H2,1-4H3,(H,28,30). The fourth-order valence-corrected chi connectivity index (χ4v) is 5.11. The molecule has 0 bridgehead atoms. The molecule has 0 aromatic carbocycles. The van der Waals surface area contributed by atoms with Gasteiger partial charge >= 0.3 is 0 Å². The Hall–Kier alpha value is -1.98. The van der Waals surface area contributed by atoms with Crippen molar-refractivity contribution >= 4 is 11.8 Å². The van der Waals surface area contributed by atoms with Gasteiger partial charge in [-0.25, -0.2) is 9.97 Å². The van der Waals surface area contributed by atoms with E-state index in [0.29, 0.717) is 11.8 Å². The van der Waals surface area contributed by atoms with Crippen LogP contribution in [0.5, 0.6) is 0 Å². The third-order valence-corrected chi connectivity index (χ3v) is 7.38. The first-order valence-corrected chi connectivity index (χ1v) is 12.5. The highest BCUT2D eigenvalue weighted by Gasteiger charge is 2.30. The highest BCUT2D eigenvalue weighted by atomic mass is 16.2. The van der Waals surface area contributed by atoms with Gasteiger partial charge in [0, 0.05) is 48.3 Å². The lowest BCUT2D eigenvalue weighted by atomic mass is 9.90. The first-order valence-electron chi connectivity index (χ1n) is 12.5. The van der Waals surface area contributed by atoms with Crippen LogP contribution in [0.2, 0.25) is 0 Å². The van der Waals surface area contributed by atoms with E-state index >= 15 is 0 Å². The molecule has 2 heterocycles. The lowest BCUT2D eigenvalue weighted by Gasteiger charge is -2.34. The van der Waals surface area contributed by atoms with Crippen molar-refractivity contribution in [2.24, 2.45) is 11.8 Å². The van der Waals surface area contributed by atoms with Gasteiger partial charge in [0.25, 0.3) is 0 Å². The Kier molecular flexibility index (Phi) is 8.44. The van der Waals surface area contributed by atoms with Gasteiger partial charge in [-0.2, -0.15) is 0 Å². The van der Waals surface area contributed by atoms with E-state index in [1.807, 2.05) is 11.1 Å². The zero-order valence-corrected chi connectivity index (χ0v) is 19.8. The fraction of sp³-hybridized carbons (Fsp3) is 0.760. The lowest BCUT2D eigenvalue weighted by Crippen LogP contribution is -2.41. The van der Waals surface area contributed by atoms with Crippen molar-refractivity contribution in [1.29, 1.82) is 0 Å². The van der Waals surface area contributed by atoms with Crippen LogP contribution in [0.1, 0.15) is 108 Å². The Morgan fingerprint density at radius 1 is 1.03 bits per heavy atom. The van der Waals surface area contributed by atoms with Crippen LogP contribution >= 0.6 is 0 Å². The molecule has 1 aliphatic carbocycles. The molecular weight excluding hydrogens is 388 g/mol. The van der Waals surface area contributed by atoms with Crippen molar-refractivity contribution in [2.75, 3.05) is 13.1 Å². The molecule has 1 N–H and O–H groups in total. The molecule has 172 valence electrons. The minimum atomic E-state index is 0.0328. The van der Waals surface area contributed by atoms with E-state index in [4.69, 9.17) is 9.97 Å². The maximum Gasteiger partial charge on any atom is 0.225 e. The number of hydrogen-bond acceptors (Lipinski definition) is 4. The number of aryl methyl sites for hydroxylation is 1. The van der Waals surface area contributed by atoms with E-state index < -0.39 is 0 Å². The fourth-order valence-electron chi connectivity index (χ4n) is 5.11. The van der Waals surface area contributed by atoms with E-state index in [1.165, 1.54) is 0 Å². The number of likely N-dealkylation sites (tertiary alicyclic amines) is 1. The monoisotopic (exact) mass is 428 g/mol. The van der Waals surface area contributed by atoms with Crippen LogP contribution in [0, 0.1) is 11.8 Å². The number of hydrogen-bond donors (Lipinski definition) is 1. The van der Waals surface area contributed by atoms with E-state index in [-0.39, 0.29) is 23.8 Å². The van der Waals surface area contributed by atoms with Gasteiger partial charge in [0.2, 0.25) is 11.8 Å². The molecule has 1 aromatic heterocycles. The Labute approximate surface area is 187 Å². The van der Waals surface area contributed by atoms with Crippen LogP contribution in [0.4, 0.5) is 0 Å². The number of carbonyl (C=O) groups is 2. The summed E-state index contributed by atoms with van der Waals surface area (Å²) in [5, 5.41) is 3.25. The first-order chi connectivity index (χ1) is 15.0. The molecule has 6 nitrogen and oxygen atoms in total. The summed E-state index contributed by atoms with van der Waals surface area (Å²) in [7, 11) is 0. The maximum atomic E-state index is 12.7. The van der Waals surface area contributed by atoms with Gasteiger partial charge < -0.3 is 10.2 Å². The molecule has 0 radical (unpaired) electrons. The average Bonchev–Trinajstić information content (AvgIpc) is 2.80. The highest BCUT2D eigenvalue weighted by Crippen LogP contribution is 2.32. The SMILES string of the molecule is CCC(CC)C(=O)NC1CCCc2nc(C3CCN(C(=O)C(CC)CC)CC3)ncc21. The van der Waals surface area contributed by atoms with Crippen molar-refractivity contribution in [3.05, 3.63) is 23.3 Å². The Morgan fingerprint density at radius 2 is 1.68 bits per heavy atom. The van der Waals surface area contributed by atoms with Crippen molar-refractivity contribution in [3.8, 4) is 0 Å². The number of piperidine rings is 1. The van der Waals surface area contributed by atoms with Crippen LogP contribution in [0.15, 0.2) is 6.20 Å². The van der Waals surface area contributed by atoms with Crippen LogP contribution in [0.3, 0.4) is 0 Å². The van der Waals surface area contributed by atoms with Gasteiger partial charge in [0.15, 0.2) is 0 Å². The molecule has 3 rings (SSSR count). The molecule has 0 spiro atoms. The van der Waals surface area contributed by atoms with Gasteiger partial charge in [-0.3, -0.25) is 9.59 Å². The van der Waals surface area contributed by atoms with Gasteiger partial charge in [-0.05, 0) is 57.8 Å². The number of nitrogens with zero attached hydrogens (tertiary/aromatic N) is 3. The quantitative estimate of drug-likeness (QED) is 0.659. The number of fused-ring (bicyclic) bond motifs is 1. The molecule has 1 unspecified atom stereocenters. The molecule has 2 aliphatic rings. The number of rotatable bonds is 8. The van der Waals surface area contributed by atoms with Crippen molar-refractivity contribution < 1.29 is 9.59 Å². The predicted molar refractivity (Wildman–Crippen MR) is 123 cm³/mol. The second-order valence-electron chi connectivity index (χ2n) is 9.21. The summed E-state index contributed by atoms with van der Waals surface area (Å²) in [4.78, 5) is 37.0. The summed E-state index contributed by atoms with van der Waals surface area (Å²) < 4.78 is 0. The summed E-state index contributed by atoms with van der Waals surface area (Å²) in [6, 6.07) is 0.0328. The average molecular weight is 429 g/mol. The normalized spacial score (nSPS) is 19.5. The van der Waals surface area contributed by atoms with Crippen molar-refractivity contribution in [2.45, 2.75) is 97.4 Å².